The maximum Gasteiger partial charge on any atom is 0.264 e. The van der Waals surface area contributed by atoms with Gasteiger partial charge in [-0.2, -0.15) is 0 Å². The number of hydrogen-bond acceptors (Lipinski definition) is 4. The highest BCUT2D eigenvalue weighted by Crippen LogP contribution is 2.31. The number of nitrogens with zero attached hydrogens (tertiary/aromatic N) is 1. The van der Waals surface area contributed by atoms with E-state index in [1.54, 1.807) is 18.2 Å². The van der Waals surface area contributed by atoms with E-state index >= 15 is 0 Å². The summed E-state index contributed by atoms with van der Waals surface area (Å²) in [6.07, 6.45) is 1.87. The molecule has 0 spiro atoms. The minimum atomic E-state index is -0.326. The van der Waals surface area contributed by atoms with Crippen molar-refractivity contribution in [1.82, 2.24) is 5.32 Å². The predicted octanol–water partition coefficient (Wildman–Crippen LogP) is 5.27. The first kappa shape index (κ1) is 18.7. The second kappa shape index (κ2) is 8.05. The van der Waals surface area contributed by atoms with Gasteiger partial charge in [0.2, 0.25) is 0 Å². The van der Waals surface area contributed by atoms with Crippen molar-refractivity contribution in [2.45, 2.75) is 20.0 Å². The molecule has 1 aliphatic heterocycles. The Morgan fingerprint density at radius 2 is 1.96 bits per heavy atom. The van der Waals surface area contributed by atoms with Gasteiger partial charge in [-0.3, -0.25) is 4.79 Å². The summed E-state index contributed by atoms with van der Waals surface area (Å²) in [7, 11) is 0. The minimum absolute atomic E-state index is 0.0805. The van der Waals surface area contributed by atoms with Gasteiger partial charge in [0.05, 0.1) is 21.2 Å². The van der Waals surface area contributed by atoms with Crippen LogP contribution in [0.5, 0.6) is 5.75 Å². The number of hydrogen-bond donors (Lipinski definition) is 1. The Kier molecular flexibility index (Phi) is 5.78. The van der Waals surface area contributed by atoms with Gasteiger partial charge in [0.1, 0.15) is 11.6 Å². The Balaban J connectivity index is 1.78. The summed E-state index contributed by atoms with van der Waals surface area (Å²) in [5, 5.41) is 3.18. The van der Waals surface area contributed by atoms with E-state index in [1.807, 2.05) is 32.0 Å². The van der Waals surface area contributed by atoms with Crippen molar-refractivity contribution in [1.29, 1.82) is 0 Å². The second-order valence-corrected chi connectivity index (χ2v) is 7.70. The van der Waals surface area contributed by atoms with Gasteiger partial charge in [0.25, 0.3) is 5.91 Å². The first-order valence-electron chi connectivity index (χ1n) is 7.92. The second-order valence-electron chi connectivity index (χ2n) is 5.81. The number of amidine groups is 1. The van der Waals surface area contributed by atoms with Crippen LogP contribution in [0.3, 0.4) is 0 Å². The van der Waals surface area contributed by atoms with Crippen molar-refractivity contribution in [2.75, 3.05) is 0 Å². The van der Waals surface area contributed by atoms with Crippen LogP contribution < -0.4 is 10.1 Å². The fourth-order valence-electron chi connectivity index (χ4n) is 2.22. The van der Waals surface area contributed by atoms with Gasteiger partial charge in [0.15, 0.2) is 5.17 Å². The van der Waals surface area contributed by atoms with E-state index in [9.17, 15) is 9.18 Å². The lowest BCUT2D eigenvalue weighted by Gasteiger charge is -2.11. The van der Waals surface area contributed by atoms with Crippen LogP contribution in [-0.2, 0) is 4.79 Å². The molecule has 1 aliphatic rings. The highest BCUT2D eigenvalue weighted by Gasteiger charge is 2.23. The molecule has 0 bridgehead atoms. The summed E-state index contributed by atoms with van der Waals surface area (Å²) in [5.41, 5.74) is 1.45. The van der Waals surface area contributed by atoms with E-state index in [0.29, 0.717) is 15.8 Å². The summed E-state index contributed by atoms with van der Waals surface area (Å²) >= 11 is 4.73. The molecule has 3 rings (SSSR count). The van der Waals surface area contributed by atoms with Gasteiger partial charge in [-0.15, -0.1) is 0 Å². The molecule has 1 N–H and O–H groups in total. The van der Waals surface area contributed by atoms with Crippen LogP contribution in [0.2, 0.25) is 0 Å². The van der Waals surface area contributed by atoms with Crippen LogP contribution in [0.1, 0.15) is 19.4 Å². The summed E-state index contributed by atoms with van der Waals surface area (Å²) in [6, 6.07) is 11.4. The molecule has 2 aromatic carbocycles. The number of nitrogens with one attached hydrogen (secondary N) is 1. The fraction of sp³-hybridized carbons (Fsp3) is 0.158. The van der Waals surface area contributed by atoms with Crippen LogP contribution in [0.4, 0.5) is 10.1 Å². The molecule has 134 valence electrons. The molecule has 0 unspecified atom stereocenters. The topological polar surface area (TPSA) is 50.7 Å². The zero-order valence-corrected chi connectivity index (χ0v) is 16.5. The Labute approximate surface area is 163 Å². The molecule has 7 heteroatoms. The third kappa shape index (κ3) is 4.74. The molecule has 1 saturated heterocycles. The summed E-state index contributed by atoms with van der Waals surface area (Å²) in [4.78, 5) is 17.0. The van der Waals surface area contributed by atoms with Gasteiger partial charge >= 0.3 is 0 Å². The van der Waals surface area contributed by atoms with Gasteiger partial charge in [-0.05, 0) is 89.6 Å². The van der Waals surface area contributed by atoms with Crippen molar-refractivity contribution in [3.05, 3.63) is 63.2 Å². The molecule has 1 amide bonds. The highest BCUT2D eigenvalue weighted by atomic mass is 79.9. The molecule has 26 heavy (non-hydrogen) atoms. The zero-order valence-electron chi connectivity index (χ0n) is 14.1. The average molecular weight is 435 g/mol. The number of amides is 1. The molecule has 0 aliphatic carbocycles. The number of carbonyl (C=O) groups is 1. The Morgan fingerprint density at radius 1 is 1.23 bits per heavy atom. The van der Waals surface area contributed by atoms with Crippen LogP contribution >= 0.6 is 27.7 Å². The molecular formula is C19H16BrFN2O2S. The summed E-state index contributed by atoms with van der Waals surface area (Å²) < 4.78 is 19.5. The highest BCUT2D eigenvalue weighted by molar-refractivity contribution is 9.10. The van der Waals surface area contributed by atoms with E-state index in [2.05, 4.69) is 26.2 Å². The molecule has 4 nitrogen and oxygen atoms in total. The smallest absolute Gasteiger partial charge is 0.264 e. The lowest BCUT2D eigenvalue weighted by molar-refractivity contribution is -0.115. The number of carbonyl (C=O) groups excluding carboxylic acids is 1. The third-order valence-corrected chi connectivity index (χ3v) is 4.85. The Hall–Kier alpha value is -2.12. The SMILES string of the molecule is CC(C)Oc1ccc(/C=C2/SC(=Nc3ccc(F)cc3)NC2=O)cc1Br. The van der Waals surface area contributed by atoms with Gasteiger partial charge < -0.3 is 10.1 Å². The van der Waals surface area contributed by atoms with Crippen molar-refractivity contribution in [3.63, 3.8) is 0 Å². The van der Waals surface area contributed by atoms with Crippen molar-refractivity contribution < 1.29 is 13.9 Å². The first-order valence-corrected chi connectivity index (χ1v) is 9.53. The van der Waals surface area contributed by atoms with E-state index < -0.39 is 0 Å². The molecule has 1 fully saturated rings. The van der Waals surface area contributed by atoms with E-state index in [-0.39, 0.29) is 17.8 Å². The predicted molar refractivity (Wildman–Crippen MR) is 107 cm³/mol. The minimum Gasteiger partial charge on any atom is -0.490 e. The van der Waals surface area contributed by atoms with Crippen molar-refractivity contribution in [3.8, 4) is 5.75 Å². The average Bonchev–Trinajstić information content (AvgIpc) is 2.91. The van der Waals surface area contributed by atoms with Crippen LogP contribution in [0.15, 0.2) is 56.8 Å². The fourth-order valence-corrected chi connectivity index (χ4v) is 3.55. The zero-order chi connectivity index (χ0) is 18.7. The van der Waals surface area contributed by atoms with Crippen LogP contribution in [0, 0.1) is 5.82 Å². The van der Waals surface area contributed by atoms with Crippen LogP contribution in [0.25, 0.3) is 6.08 Å². The maximum absolute atomic E-state index is 13.0. The van der Waals surface area contributed by atoms with Gasteiger partial charge in [-0.1, -0.05) is 6.07 Å². The number of rotatable bonds is 4. The van der Waals surface area contributed by atoms with E-state index in [0.717, 1.165) is 15.8 Å². The van der Waals surface area contributed by atoms with Crippen molar-refractivity contribution >= 4 is 50.5 Å². The number of benzene rings is 2. The number of thioether (sulfide) groups is 1. The third-order valence-electron chi connectivity index (χ3n) is 3.32. The maximum atomic E-state index is 13.0. The molecule has 0 saturated carbocycles. The van der Waals surface area contributed by atoms with Crippen LogP contribution in [-0.4, -0.2) is 17.2 Å². The number of halogens is 2. The quantitative estimate of drug-likeness (QED) is 0.666. The number of aliphatic imine (C=N–C) groups is 1. The van der Waals surface area contributed by atoms with Crippen molar-refractivity contribution in [2.24, 2.45) is 4.99 Å². The number of ether oxygens (including phenoxy) is 1. The lowest BCUT2D eigenvalue weighted by atomic mass is 10.2. The monoisotopic (exact) mass is 434 g/mol. The standard InChI is InChI=1S/C19H16BrFN2O2S/c1-11(2)25-16-8-3-12(9-15(16)20)10-17-18(24)23-19(26-17)22-14-6-4-13(21)5-7-14/h3-11H,1-2H3,(H,22,23,24)/b17-10+. The molecule has 2 aromatic rings. The van der Waals surface area contributed by atoms with E-state index in [1.165, 1.54) is 23.9 Å². The normalized spacial score (nSPS) is 17.2. The Bertz CT molecular complexity index is 895. The summed E-state index contributed by atoms with van der Waals surface area (Å²) in [6.45, 7) is 3.92. The molecule has 0 radical (unpaired) electrons. The van der Waals surface area contributed by atoms with Gasteiger partial charge in [0, 0.05) is 0 Å². The Morgan fingerprint density at radius 3 is 2.62 bits per heavy atom. The first-order chi connectivity index (χ1) is 12.4. The van der Waals surface area contributed by atoms with Gasteiger partial charge in [-0.25, -0.2) is 9.38 Å². The molecule has 1 heterocycles. The molecular weight excluding hydrogens is 419 g/mol. The molecule has 0 aromatic heterocycles. The molecule has 0 atom stereocenters. The lowest BCUT2D eigenvalue weighted by Crippen LogP contribution is -2.19. The summed E-state index contributed by atoms with van der Waals surface area (Å²) in [5.74, 6) is 0.215. The van der Waals surface area contributed by atoms with E-state index in [4.69, 9.17) is 4.74 Å². The largest absolute Gasteiger partial charge is 0.490 e.